The minimum absolute atomic E-state index is 0.153. The molecule has 2 rings (SSSR count). The lowest BCUT2D eigenvalue weighted by atomic mass is 10.1. The first-order chi connectivity index (χ1) is 10.0. The molecule has 0 aliphatic carbocycles. The number of aliphatic hydroxyl groups excluding tert-OH is 1. The summed E-state index contributed by atoms with van der Waals surface area (Å²) >= 11 is 0. The summed E-state index contributed by atoms with van der Waals surface area (Å²) in [7, 11) is 2.05. The normalized spacial score (nSPS) is 20.3. The second-order valence-corrected chi connectivity index (χ2v) is 6.63. The van der Waals surface area contributed by atoms with Crippen molar-refractivity contribution in [2.75, 3.05) is 31.6 Å². The Balaban J connectivity index is 2.24. The Hall–Kier alpha value is -1.13. The van der Waals surface area contributed by atoms with Gasteiger partial charge in [-0.2, -0.15) is 0 Å². The van der Waals surface area contributed by atoms with E-state index in [1.165, 1.54) is 12.0 Å². The molecule has 0 radical (unpaired) electrons. The van der Waals surface area contributed by atoms with E-state index in [1.54, 1.807) is 0 Å². The minimum atomic E-state index is 0.153. The molecule has 1 unspecified atom stereocenters. The van der Waals surface area contributed by atoms with Gasteiger partial charge in [0.05, 0.1) is 12.6 Å². The summed E-state index contributed by atoms with van der Waals surface area (Å²) in [6.07, 6.45) is 2.20. The van der Waals surface area contributed by atoms with E-state index in [2.05, 4.69) is 42.8 Å². The summed E-state index contributed by atoms with van der Waals surface area (Å²) in [5.74, 6) is 1.76. The molecule has 118 valence electrons. The van der Waals surface area contributed by atoms with Crippen molar-refractivity contribution in [2.45, 2.75) is 46.2 Å². The maximum absolute atomic E-state index is 9.69. The molecule has 1 aliphatic heterocycles. The van der Waals surface area contributed by atoms with Crippen LogP contribution in [0, 0.1) is 12.8 Å². The van der Waals surface area contributed by atoms with E-state index in [9.17, 15) is 5.11 Å². The molecule has 0 saturated carbocycles. The molecule has 1 atom stereocenters. The topological polar surface area (TPSA) is 39.6 Å². The number of nitrogens with zero attached hydrogens (tertiary/aromatic N) is 3. The number of hydrogen-bond donors (Lipinski definition) is 1. The van der Waals surface area contributed by atoms with Gasteiger partial charge in [-0.1, -0.05) is 19.9 Å². The predicted octanol–water partition coefficient (Wildman–Crippen LogP) is 2.44. The van der Waals surface area contributed by atoms with Crippen LogP contribution in [0.25, 0.3) is 0 Å². The van der Waals surface area contributed by atoms with E-state index >= 15 is 0 Å². The van der Waals surface area contributed by atoms with E-state index in [-0.39, 0.29) is 12.6 Å². The lowest BCUT2D eigenvalue weighted by molar-refractivity contribution is 0.204. The molecule has 0 amide bonds. The van der Waals surface area contributed by atoms with Gasteiger partial charge in [-0.05, 0) is 38.3 Å². The molecule has 1 aromatic heterocycles. The fraction of sp³-hybridized carbons (Fsp3) is 0.706. The van der Waals surface area contributed by atoms with Crippen molar-refractivity contribution < 1.29 is 5.11 Å². The Kier molecular flexibility index (Phi) is 5.59. The molecule has 4 nitrogen and oxygen atoms in total. The third kappa shape index (κ3) is 4.17. The van der Waals surface area contributed by atoms with Crippen LogP contribution >= 0.6 is 0 Å². The van der Waals surface area contributed by atoms with Gasteiger partial charge in [0.25, 0.3) is 0 Å². The van der Waals surface area contributed by atoms with E-state index in [4.69, 9.17) is 4.98 Å². The molecule has 0 bridgehead atoms. The largest absolute Gasteiger partial charge is 0.394 e. The summed E-state index contributed by atoms with van der Waals surface area (Å²) in [6, 6.07) is 4.43. The number of aliphatic hydroxyl groups is 1. The van der Waals surface area contributed by atoms with Gasteiger partial charge in [-0.15, -0.1) is 0 Å². The monoisotopic (exact) mass is 291 g/mol. The smallest absolute Gasteiger partial charge is 0.133 e. The van der Waals surface area contributed by atoms with Gasteiger partial charge in [0.15, 0.2) is 0 Å². The zero-order valence-electron chi connectivity index (χ0n) is 13.8. The van der Waals surface area contributed by atoms with Crippen LogP contribution in [-0.2, 0) is 6.54 Å². The first-order valence-corrected chi connectivity index (χ1v) is 8.03. The Labute approximate surface area is 128 Å². The Morgan fingerprint density at radius 3 is 2.81 bits per heavy atom. The highest BCUT2D eigenvalue weighted by Gasteiger charge is 2.23. The van der Waals surface area contributed by atoms with Gasteiger partial charge >= 0.3 is 0 Å². The Morgan fingerprint density at radius 1 is 1.38 bits per heavy atom. The van der Waals surface area contributed by atoms with Crippen LogP contribution in [-0.4, -0.2) is 47.8 Å². The minimum Gasteiger partial charge on any atom is -0.394 e. The van der Waals surface area contributed by atoms with Gasteiger partial charge in [0.2, 0.25) is 0 Å². The molecule has 0 saturated heterocycles. The van der Waals surface area contributed by atoms with Crippen LogP contribution in [0.2, 0.25) is 0 Å². The Morgan fingerprint density at radius 2 is 2.14 bits per heavy atom. The molecule has 21 heavy (non-hydrogen) atoms. The summed E-state index contributed by atoms with van der Waals surface area (Å²) < 4.78 is 0. The van der Waals surface area contributed by atoms with E-state index in [0.29, 0.717) is 0 Å². The maximum atomic E-state index is 9.69. The van der Waals surface area contributed by atoms with Gasteiger partial charge in [0, 0.05) is 31.4 Å². The quantitative estimate of drug-likeness (QED) is 0.925. The van der Waals surface area contributed by atoms with Crippen molar-refractivity contribution >= 4 is 5.82 Å². The van der Waals surface area contributed by atoms with E-state index in [1.807, 2.05) is 6.92 Å². The van der Waals surface area contributed by atoms with Crippen LogP contribution in [0.1, 0.15) is 37.9 Å². The van der Waals surface area contributed by atoms with Crippen LogP contribution < -0.4 is 4.90 Å². The highest BCUT2D eigenvalue weighted by molar-refractivity contribution is 5.48. The lowest BCUT2D eigenvalue weighted by Crippen LogP contribution is -2.42. The molecule has 0 aromatic carbocycles. The SMILES string of the molecule is Cc1ccc2c(n1)N(C)C(CO)CCN(CCC(C)C)C2. The van der Waals surface area contributed by atoms with Gasteiger partial charge in [0.1, 0.15) is 5.82 Å². The van der Waals surface area contributed by atoms with Crippen LogP contribution in [0.3, 0.4) is 0 Å². The number of pyridine rings is 1. The number of anilines is 1. The molecular weight excluding hydrogens is 262 g/mol. The van der Waals surface area contributed by atoms with E-state index in [0.717, 1.165) is 43.5 Å². The molecule has 1 N–H and O–H groups in total. The third-order valence-electron chi connectivity index (χ3n) is 4.38. The van der Waals surface area contributed by atoms with Gasteiger partial charge in [-0.25, -0.2) is 4.98 Å². The molecule has 0 fully saturated rings. The van der Waals surface area contributed by atoms with Crippen LogP contribution in [0.15, 0.2) is 12.1 Å². The number of rotatable bonds is 4. The average molecular weight is 291 g/mol. The number of aromatic nitrogens is 1. The second-order valence-electron chi connectivity index (χ2n) is 6.63. The van der Waals surface area contributed by atoms with Gasteiger partial charge < -0.3 is 10.0 Å². The Bertz CT molecular complexity index is 461. The molecule has 1 aliphatic rings. The first-order valence-electron chi connectivity index (χ1n) is 8.03. The van der Waals surface area contributed by atoms with Crippen molar-refractivity contribution in [2.24, 2.45) is 5.92 Å². The van der Waals surface area contributed by atoms with Crippen LogP contribution in [0.5, 0.6) is 0 Å². The molecule has 0 spiro atoms. The first kappa shape index (κ1) is 16.2. The number of hydrogen-bond acceptors (Lipinski definition) is 4. The maximum Gasteiger partial charge on any atom is 0.133 e. The summed E-state index contributed by atoms with van der Waals surface area (Å²) in [5, 5.41) is 9.69. The summed E-state index contributed by atoms with van der Waals surface area (Å²) in [6.45, 7) is 9.86. The number of fused-ring (bicyclic) bond motifs is 1. The average Bonchev–Trinajstić information content (AvgIpc) is 2.44. The van der Waals surface area contributed by atoms with E-state index < -0.39 is 0 Å². The zero-order valence-corrected chi connectivity index (χ0v) is 13.8. The second kappa shape index (κ2) is 7.23. The van der Waals surface area contributed by atoms with Crippen molar-refractivity contribution in [3.05, 3.63) is 23.4 Å². The molecule has 2 heterocycles. The van der Waals surface area contributed by atoms with Crippen molar-refractivity contribution in [1.29, 1.82) is 0 Å². The summed E-state index contributed by atoms with van der Waals surface area (Å²) in [5.41, 5.74) is 2.30. The lowest BCUT2D eigenvalue weighted by Gasteiger charge is -2.35. The van der Waals surface area contributed by atoms with Crippen molar-refractivity contribution in [3.8, 4) is 0 Å². The zero-order chi connectivity index (χ0) is 15.4. The van der Waals surface area contributed by atoms with Crippen molar-refractivity contribution in [3.63, 3.8) is 0 Å². The highest BCUT2D eigenvalue weighted by atomic mass is 16.3. The summed E-state index contributed by atoms with van der Waals surface area (Å²) in [4.78, 5) is 9.37. The standard InChI is InChI=1S/C17H29N3O/c1-13(2)7-9-20-10-8-16(12-21)19(4)17-15(11-20)6-5-14(3)18-17/h5-6,13,16,21H,7-12H2,1-4H3. The molecule has 4 heteroatoms. The number of likely N-dealkylation sites (N-methyl/N-ethyl adjacent to an activating group) is 1. The fourth-order valence-electron chi connectivity index (χ4n) is 2.86. The molecule has 1 aromatic rings. The third-order valence-corrected chi connectivity index (χ3v) is 4.38. The molecular formula is C17H29N3O. The fourth-order valence-corrected chi connectivity index (χ4v) is 2.86. The predicted molar refractivity (Wildman–Crippen MR) is 87.6 cm³/mol. The highest BCUT2D eigenvalue weighted by Crippen LogP contribution is 2.25. The van der Waals surface area contributed by atoms with Crippen molar-refractivity contribution in [1.82, 2.24) is 9.88 Å². The van der Waals surface area contributed by atoms with Gasteiger partial charge in [-0.3, -0.25) is 4.90 Å². The van der Waals surface area contributed by atoms with Crippen LogP contribution in [0.4, 0.5) is 5.82 Å². The number of aryl methyl sites for hydroxylation is 1.